The maximum Gasteiger partial charge on any atom is 0.241 e. The average Bonchev–Trinajstić information content (AvgIpc) is 3.00. The third-order valence-electron chi connectivity index (χ3n) is 5.65. The molecule has 2 N–H and O–H groups in total. The van der Waals surface area contributed by atoms with E-state index < -0.39 is 10.0 Å². The summed E-state index contributed by atoms with van der Waals surface area (Å²) < 4.78 is 34.4. The normalized spacial score (nSPS) is 16.9. The molecule has 0 fully saturated rings. The number of hydrogen-bond acceptors (Lipinski definition) is 3. The van der Waals surface area contributed by atoms with Crippen molar-refractivity contribution >= 4 is 20.9 Å². The molecule has 0 saturated heterocycles. The molecule has 1 atom stereocenters. The fourth-order valence-electron chi connectivity index (χ4n) is 4.19. The van der Waals surface area contributed by atoms with Crippen LogP contribution in [0.5, 0.6) is 5.75 Å². The molecule has 0 radical (unpaired) electrons. The van der Waals surface area contributed by atoms with E-state index in [4.69, 9.17) is 4.74 Å². The van der Waals surface area contributed by atoms with Gasteiger partial charge in [-0.15, -0.1) is 0 Å². The van der Waals surface area contributed by atoms with E-state index in [0.717, 1.165) is 23.9 Å². The highest BCUT2D eigenvalue weighted by molar-refractivity contribution is 7.89. The van der Waals surface area contributed by atoms with Gasteiger partial charge in [0.15, 0.2) is 0 Å². The number of benzene rings is 2. The van der Waals surface area contributed by atoms with Gasteiger partial charge in [0, 0.05) is 22.6 Å². The highest BCUT2D eigenvalue weighted by Gasteiger charge is 2.28. The monoisotopic (exact) mass is 398 g/mol. The van der Waals surface area contributed by atoms with Gasteiger partial charge < -0.3 is 9.72 Å². The lowest BCUT2D eigenvalue weighted by atomic mass is 9.92. The molecule has 5 nitrogen and oxygen atoms in total. The van der Waals surface area contributed by atoms with Crippen LogP contribution < -0.4 is 9.46 Å². The molecule has 0 aliphatic heterocycles. The van der Waals surface area contributed by atoms with E-state index in [1.54, 1.807) is 26.2 Å². The molecule has 1 unspecified atom stereocenters. The molecule has 0 amide bonds. The minimum atomic E-state index is -3.60. The zero-order valence-corrected chi connectivity index (χ0v) is 17.5. The van der Waals surface area contributed by atoms with Crippen molar-refractivity contribution in [3.8, 4) is 5.75 Å². The number of nitrogens with one attached hydrogen (secondary N) is 2. The minimum Gasteiger partial charge on any atom is -0.496 e. The second-order valence-electron chi connectivity index (χ2n) is 7.78. The van der Waals surface area contributed by atoms with Crippen LogP contribution in [0.2, 0.25) is 0 Å². The molecule has 0 spiro atoms. The lowest BCUT2D eigenvalue weighted by molar-refractivity contribution is 0.411. The summed E-state index contributed by atoms with van der Waals surface area (Å²) >= 11 is 0. The molecule has 6 heteroatoms. The number of H-pyrrole nitrogens is 1. The van der Waals surface area contributed by atoms with Crippen molar-refractivity contribution in [3.05, 3.63) is 58.3 Å². The molecule has 2 aromatic carbocycles. The molecule has 0 saturated carbocycles. The highest BCUT2D eigenvalue weighted by atomic mass is 32.2. The van der Waals surface area contributed by atoms with Gasteiger partial charge in [0.05, 0.1) is 12.0 Å². The van der Waals surface area contributed by atoms with Crippen LogP contribution in [0, 0.1) is 20.8 Å². The Hall–Kier alpha value is -2.31. The molecule has 1 aromatic heterocycles. The number of methoxy groups -OCH3 is 1. The number of aryl methyl sites for hydroxylation is 4. The largest absolute Gasteiger partial charge is 0.496 e. The zero-order valence-electron chi connectivity index (χ0n) is 16.7. The van der Waals surface area contributed by atoms with Crippen molar-refractivity contribution < 1.29 is 13.2 Å². The topological polar surface area (TPSA) is 71.2 Å². The zero-order chi connectivity index (χ0) is 20.1. The molecule has 0 bridgehead atoms. The van der Waals surface area contributed by atoms with E-state index in [-0.39, 0.29) is 6.04 Å². The second-order valence-corrected chi connectivity index (χ2v) is 9.46. The molecular formula is C22H26N2O3S. The summed E-state index contributed by atoms with van der Waals surface area (Å²) in [6.45, 7) is 5.74. The molecule has 1 aliphatic carbocycles. The fraction of sp³-hybridized carbons (Fsp3) is 0.364. The molecule has 3 aromatic rings. The molecule has 28 heavy (non-hydrogen) atoms. The van der Waals surface area contributed by atoms with E-state index in [0.29, 0.717) is 22.6 Å². The van der Waals surface area contributed by atoms with Crippen molar-refractivity contribution in [2.75, 3.05) is 7.11 Å². The van der Waals surface area contributed by atoms with Crippen LogP contribution in [0.15, 0.2) is 35.2 Å². The van der Waals surface area contributed by atoms with Crippen molar-refractivity contribution in [1.82, 2.24) is 9.71 Å². The third-order valence-corrected chi connectivity index (χ3v) is 7.31. The Morgan fingerprint density at radius 2 is 1.89 bits per heavy atom. The van der Waals surface area contributed by atoms with Crippen LogP contribution in [0.4, 0.5) is 0 Å². The van der Waals surface area contributed by atoms with Gasteiger partial charge in [-0.05, 0) is 81.0 Å². The van der Waals surface area contributed by atoms with Crippen molar-refractivity contribution in [3.63, 3.8) is 0 Å². The van der Waals surface area contributed by atoms with E-state index in [2.05, 4.69) is 34.8 Å². The molecular weight excluding hydrogens is 372 g/mol. The van der Waals surface area contributed by atoms with Gasteiger partial charge in [-0.3, -0.25) is 0 Å². The first-order valence-corrected chi connectivity index (χ1v) is 11.0. The minimum absolute atomic E-state index is 0.112. The first-order valence-electron chi connectivity index (χ1n) is 9.56. The summed E-state index contributed by atoms with van der Waals surface area (Å²) in [6.07, 6.45) is 2.33. The predicted molar refractivity (Wildman–Crippen MR) is 112 cm³/mol. The van der Waals surface area contributed by atoms with Crippen LogP contribution in [0.25, 0.3) is 10.9 Å². The van der Waals surface area contributed by atoms with Crippen LogP contribution >= 0.6 is 0 Å². The van der Waals surface area contributed by atoms with E-state index >= 15 is 0 Å². The number of sulfonamides is 1. The van der Waals surface area contributed by atoms with E-state index in [1.165, 1.54) is 22.2 Å². The van der Waals surface area contributed by atoms with Gasteiger partial charge >= 0.3 is 0 Å². The quantitative estimate of drug-likeness (QED) is 0.699. The Balaban J connectivity index is 1.63. The Kier molecular flexibility index (Phi) is 4.71. The number of aromatic amines is 1. The first-order chi connectivity index (χ1) is 13.3. The van der Waals surface area contributed by atoms with Gasteiger partial charge in [-0.2, -0.15) is 0 Å². The maximum absolute atomic E-state index is 13.1. The standard InChI is InChI=1S/C22H26N2O3S/c1-13-5-7-19-17(9-13)18-12-16(6-8-20(18)23-19)24-28(25,26)22-11-14(2)21(27-4)10-15(22)3/h5,7,9-11,16,23-24H,6,8,12H2,1-4H3. The van der Waals surface area contributed by atoms with Crippen molar-refractivity contribution in [1.29, 1.82) is 0 Å². The fourth-order valence-corrected chi connectivity index (χ4v) is 5.77. The van der Waals surface area contributed by atoms with Crippen LogP contribution in [0.1, 0.15) is 34.4 Å². The van der Waals surface area contributed by atoms with Crippen molar-refractivity contribution in [2.45, 2.75) is 51.0 Å². The van der Waals surface area contributed by atoms with Gasteiger partial charge in [-0.25, -0.2) is 13.1 Å². The van der Waals surface area contributed by atoms with Gasteiger partial charge in [0.1, 0.15) is 5.75 Å². The Morgan fingerprint density at radius 3 is 2.64 bits per heavy atom. The predicted octanol–water partition coefficient (Wildman–Crippen LogP) is 3.94. The Morgan fingerprint density at radius 1 is 1.11 bits per heavy atom. The summed E-state index contributed by atoms with van der Waals surface area (Å²) in [5.74, 6) is 0.702. The Bertz CT molecular complexity index is 1160. The van der Waals surface area contributed by atoms with E-state index in [9.17, 15) is 8.42 Å². The summed E-state index contributed by atoms with van der Waals surface area (Å²) in [7, 11) is -2.01. The summed E-state index contributed by atoms with van der Waals surface area (Å²) in [5, 5.41) is 1.20. The van der Waals surface area contributed by atoms with E-state index in [1.807, 2.05) is 6.92 Å². The van der Waals surface area contributed by atoms with Crippen LogP contribution in [0.3, 0.4) is 0 Å². The van der Waals surface area contributed by atoms with Crippen LogP contribution in [-0.4, -0.2) is 26.6 Å². The summed E-state index contributed by atoms with van der Waals surface area (Å²) in [6, 6.07) is 9.74. The number of hydrogen-bond donors (Lipinski definition) is 2. The van der Waals surface area contributed by atoms with Gasteiger partial charge in [0.25, 0.3) is 0 Å². The second kappa shape index (κ2) is 6.94. The van der Waals surface area contributed by atoms with Crippen molar-refractivity contribution in [2.24, 2.45) is 0 Å². The lowest BCUT2D eigenvalue weighted by Crippen LogP contribution is -2.39. The molecule has 148 valence electrons. The third kappa shape index (κ3) is 3.31. The number of fused-ring (bicyclic) bond motifs is 3. The van der Waals surface area contributed by atoms with Gasteiger partial charge in [0.2, 0.25) is 10.0 Å². The van der Waals surface area contributed by atoms with Gasteiger partial charge in [-0.1, -0.05) is 11.6 Å². The Labute approximate surface area is 166 Å². The SMILES string of the molecule is COc1cc(C)c(S(=O)(=O)NC2CCc3[nH]c4ccc(C)cc4c3C2)cc1C. The first kappa shape index (κ1) is 19.0. The lowest BCUT2D eigenvalue weighted by Gasteiger charge is -2.24. The number of rotatable bonds is 4. The average molecular weight is 399 g/mol. The molecule has 1 heterocycles. The highest BCUT2D eigenvalue weighted by Crippen LogP contribution is 2.31. The summed E-state index contributed by atoms with van der Waals surface area (Å²) in [4.78, 5) is 3.82. The molecule has 4 rings (SSSR count). The summed E-state index contributed by atoms with van der Waals surface area (Å²) in [5.41, 5.74) is 6.30. The smallest absolute Gasteiger partial charge is 0.241 e. The molecule has 1 aliphatic rings. The number of ether oxygens (including phenoxy) is 1. The number of aromatic nitrogens is 1. The van der Waals surface area contributed by atoms with Crippen LogP contribution in [-0.2, 0) is 22.9 Å². The maximum atomic E-state index is 13.1.